The number of aldehydes is 1. The number of hydrogen-bond acceptors (Lipinski definition) is 7. The fraction of sp³-hybridized carbons (Fsp3) is 0.400. The largest absolute Gasteiger partial charge is 0.298 e. The molecule has 1 heterocycles. The van der Waals surface area contributed by atoms with Gasteiger partial charge in [-0.15, -0.1) is 0 Å². The zero-order chi connectivity index (χ0) is 14.8. The number of hydrogen-bond donors (Lipinski definition) is 0. The normalized spacial score (nSPS) is 12.2. The maximum atomic E-state index is 11.8. The lowest BCUT2D eigenvalue weighted by Gasteiger charge is -2.22. The Kier molecular flexibility index (Phi) is 4.01. The molecule has 0 aliphatic heterocycles. The minimum atomic E-state index is -3.96. The molecular formula is C10H12N2O6S. The summed E-state index contributed by atoms with van der Waals surface area (Å²) in [5, 5.41) is 10.7. The molecule has 1 aromatic rings. The van der Waals surface area contributed by atoms with Crippen molar-refractivity contribution >= 4 is 22.1 Å². The Morgan fingerprint density at radius 2 is 2.05 bits per heavy atom. The van der Waals surface area contributed by atoms with E-state index in [4.69, 9.17) is 0 Å². The molecule has 1 rings (SSSR count). The number of nitrogens with zero attached hydrogens (tertiary/aromatic N) is 2. The Labute approximate surface area is 109 Å². The summed E-state index contributed by atoms with van der Waals surface area (Å²) < 4.78 is 26.4. The molecule has 0 saturated heterocycles. The molecule has 9 heteroatoms. The predicted octanol–water partition coefficient (Wildman–Crippen LogP) is 1.01. The Bertz CT molecular complexity index is 623. The second-order valence-corrected chi connectivity index (χ2v) is 6.40. The van der Waals surface area contributed by atoms with Gasteiger partial charge < -0.3 is 0 Å². The van der Waals surface area contributed by atoms with Gasteiger partial charge in [-0.25, -0.2) is 0 Å². The van der Waals surface area contributed by atoms with Gasteiger partial charge in [-0.1, -0.05) is 0 Å². The molecule has 0 radical (unpaired) electrons. The van der Waals surface area contributed by atoms with Crippen LogP contribution < -0.4 is 0 Å². The molecule has 19 heavy (non-hydrogen) atoms. The van der Waals surface area contributed by atoms with Crippen LogP contribution in [0.3, 0.4) is 0 Å². The van der Waals surface area contributed by atoms with Gasteiger partial charge in [0, 0.05) is 0 Å². The van der Waals surface area contributed by atoms with Crippen LogP contribution in [0.15, 0.2) is 12.3 Å². The molecule has 1 aromatic heterocycles. The Balaban J connectivity index is 3.47. The average Bonchev–Trinajstić information content (AvgIpc) is 2.37. The molecule has 0 atom stereocenters. The number of carbonyl (C=O) groups is 1. The summed E-state index contributed by atoms with van der Waals surface area (Å²) in [6, 6.07) is 1.07. The van der Waals surface area contributed by atoms with Gasteiger partial charge in [0.25, 0.3) is 15.8 Å². The van der Waals surface area contributed by atoms with Crippen molar-refractivity contribution in [1.82, 2.24) is 4.98 Å². The number of carbonyl (C=O) groups excluding carboxylic acids is 1. The molecule has 0 saturated carbocycles. The van der Waals surface area contributed by atoms with E-state index in [1.807, 2.05) is 0 Å². The van der Waals surface area contributed by atoms with Crippen LogP contribution in [-0.4, -0.2) is 31.7 Å². The minimum absolute atomic E-state index is 0.0120. The summed E-state index contributed by atoms with van der Waals surface area (Å²) in [5.41, 5.74) is -0.735. The molecule has 0 N–H and O–H groups in total. The van der Waals surface area contributed by atoms with Gasteiger partial charge in [0.05, 0.1) is 23.3 Å². The highest BCUT2D eigenvalue weighted by Crippen LogP contribution is 2.31. The number of nitro groups is 1. The smallest absolute Gasteiger partial charge is 0.298 e. The monoisotopic (exact) mass is 288 g/mol. The van der Waals surface area contributed by atoms with Crippen molar-refractivity contribution in [2.75, 3.05) is 7.11 Å². The lowest BCUT2D eigenvalue weighted by molar-refractivity contribution is -0.385. The fourth-order valence-electron chi connectivity index (χ4n) is 1.38. The summed E-state index contributed by atoms with van der Waals surface area (Å²) in [4.78, 5) is 24.4. The van der Waals surface area contributed by atoms with Gasteiger partial charge in [0.2, 0.25) is 0 Å². The number of pyridine rings is 1. The molecule has 0 bridgehead atoms. The number of aromatic nitrogens is 1. The van der Waals surface area contributed by atoms with E-state index in [0.29, 0.717) is 0 Å². The highest BCUT2D eigenvalue weighted by Gasteiger charge is 2.38. The molecule has 0 spiro atoms. The lowest BCUT2D eigenvalue weighted by Crippen LogP contribution is -2.31. The first kappa shape index (κ1) is 15.2. The highest BCUT2D eigenvalue weighted by molar-refractivity contribution is 7.87. The first-order valence-corrected chi connectivity index (χ1v) is 6.48. The van der Waals surface area contributed by atoms with Crippen LogP contribution in [0.4, 0.5) is 5.69 Å². The van der Waals surface area contributed by atoms with Gasteiger partial charge in [-0.05, 0) is 19.9 Å². The second kappa shape index (κ2) is 5.02. The van der Waals surface area contributed by atoms with Crippen LogP contribution in [0, 0.1) is 10.1 Å². The Morgan fingerprint density at radius 3 is 2.47 bits per heavy atom. The molecule has 0 aromatic carbocycles. The maximum absolute atomic E-state index is 11.8. The summed E-state index contributed by atoms with van der Waals surface area (Å²) in [6.45, 7) is 2.66. The van der Waals surface area contributed by atoms with Crippen LogP contribution in [0.2, 0.25) is 0 Å². The summed E-state index contributed by atoms with van der Waals surface area (Å²) >= 11 is 0. The molecule has 0 unspecified atom stereocenters. The van der Waals surface area contributed by atoms with Crippen molar-refractivity contribution in [2.45, 2.75) is 18.6 Å². The van der Waals surface area contributed by atoms with Crippen LogP contribution in [0.5, 0.6) is 0 Å². The predicted molar refractivity (Wildman–Crippen MR) is 65.2 cm³/mol. The third-order valence-electron chi connectivity index (χ3n) is 2.70. The zero-order valence-corrected chi connectivity index (χ0v) is 11.3. The van der Waals surface area contributed by atoms with Crippen molar-refractivity contribution in [3.63, 3.8) is 0 Å². The standard InChI is InChI=1S/C10H12N2O6S/c1-10(2,19(16,17)18-3)9-4-7(6-13)8(5-11-9)12(14)15/h4-6H,1-3H3. The molecular weight excluding hydrogens is 276 g/mol. The quantitative estimate of drug-likeness (QED) is 0.343. The van der Waals surface area contributed by atoms with Gasteiger partial charge in [0.1, 0.15) is 10.9 Å². The van der Waals surface area contributed by atoms with Crippen molar-refractivity contribution in [3.05, 3.63) is 33.6 Å². The van der Waals surface area contributed by atoms with Crippen molar-refractivity contribution < 1.29 is 22.3 Å². The van der Waals surface area contributed by atoms with Gasteiger partial charge in [-0.3, -0.25) is 24.1 Å². The first-order chi connectivity index (χ1) is 8.67. The van der Waals surface area contributed by atoms with Crippen LogP contribution in [0.1, 0.15) is 29.9 Å². The fourth-order valence-corrected chi connectivity index (χ4v) is 2.16. The highest BCUT2D eigenvalue weighted by atomic mass is 32.2. The van der Waals surface area contributed by atoms with E-state index < -0.39 is 25.5 Å². The topological polar surface area (TPSA) is 116 Å². The average molecular weight is 288 g/mol. The Hall–Kier alpha value is -1.87. The molecule has 0 fully saturated rings. The van der Waals surface area contributed by atoms with Gasteiger partial charge >= 0.3 is 0 Å². The molecule has 8 nitrogen and oxygen atoms in total. The van der Waals surface area contributed by atoms with E-state index in [1.54, 1.807) is 0 Å². The number of rotatable bonds is 5. The maximum Gasteiger partial charge on any atom is 0.298 e. The van der Waals surface area contributed by atoms with Gasteiger partial charge in [0.15, 0.2) is 6.29 Å². The molecule has 0 amide bonds. The molecule has 0 aliphatic carbocycles. The van der Waals surface area contributed by atoms with Crippen molar-refractivity contribution in [2.24, 2.45) is 0 Å². The summed E-state index contributed by atoms with van der Waals surface area (Å²) in [6.07, 6.45) is 1.13. The second-order valence-electron chi connectivity index (χ2n) is 4.13. The minimum Gasteiger partial charge on any atom is -0.298 e. The third-order valence-corrected chi connectivity index (χ3v) is 4.60. The van der Waals surface area contributed by atoms with Crippen LogP contribution in [-0.2, 0) is 19.0 Å². The van der Waals surface area contributed by atoms with E-state index in [2.05, 4.69) is 9.17 Å². The van der Waals surface area contributed by atoms with E-state index in [-0.39, 0.29) is 17.5 Å². The van der Waals surface area contributed by atoms with Crippen LogP contribution in [0.25, 0.3) is 0 Å². The van der Waals surface area contributed by atoms with E-state index in [0.717, 1.165) is 19.4 Å². The van der Waals surface area contributed by atoms with Gasteiger partial charge in [-0.2, -0.15) is 8.42 Å². The van der Waals surface area contributed by atoms with Crippen molar-refractivity contribution in [3.8, 4) is 0 Å². The van der Waals surface area contributed by atoms with E-state index in [9.17, 15) is 23.3 Å². The van der Waals surface area contributed by atoms with Crippen LogP contribution >= 0.6 is 0 Å². The SMILES string of the molecule is COS(=O)(=O)C(C)(C)c1cc(C=O)c([N+](=O)[O-])cn1. The Morgan fingerprint density at radius 1 is 1.47 bits per heavy atom. The third kappa shape index (κ3) is 2.61. The lowest BCUT2D eigenvalue weighted by atomic mass is 10.1. The molecule has 0 aliphatic rings. The molecule has 104 valence electrons. The summed E-state index contributed by atoms with van der Waals surface area (Å²) in [5.74, 6) is 0. The van der Waals surface area contributed by atoms with E-state index >= 15 is 0 Å². The first-order valence-electron chi connectivity index (χ1n) is 5.07. The van der Waals surface area contributed by atoms with E-state index in [1.165, 1.54) is 13.8 Å². The van der Waals surface area contributed by atoms with Crippen molar-refractivity contribution in [1.29, 1.82) is 0 Å². The summed E-state index contributed by atoms with van der Waals surface area (Å²) in [7, 11) is -2.95. The zero-order valence-electron chi connectivity index (χ0n) is 10.5.